The van der Waals surface area contributed by atoms with Crippen molar-refractivity contribution < 1.29 is 24.1 Å². The van der Waals surface area contributed by atoms with Crippen LogP contribution < -0.4 is 15.1 Å². The molecule has 0 bridgehead atoms. The number of anilines is 1. The van der Waals surface area contributed by atoms with Crippen LogP contribution in [0.5, 0.6) is 11.6 Å². The van der Waals surface area contributed by atoms with Gasteiger partial charge in [-0.15, -0.1) is 10.0 Å². The van der Waals surface area contributed by atoms with Gasteiger partial charge in [0, 0.05) is 62.6 Å². The van der Waals surface area contributed by atoms with E-state index in [9.17, 15) is 24.7 Å². The van der Waals surface area contributed by atoms with Gasteiger partial charge in [0.15, 0.2) is 17.3 Å². The maximum atomic E-state index is 16.0. The average molecular weight is 685 g/mol. The topological polar surface area (TPSA) is 160 Å². The van der Waals surface area contributed by atoms with Crippen LogP contribution in [0, 0.1) is 16.6 Å². The van der Waals surface area contributed by atoms with Crippen molar-refractivity contribution in [3.63, 3.8) is 0 Å². The van der Waals surface area contributed by atoms with Crippen molar-refractivity contribution in [2.24, 2.45) is 11.1 Å². The molecule has 5 heterocycles. The lowest BCUT2D eigenvalue weighted by Crippen LogP contribution is -2.44. The molecule has 2 aromatic carbocycles. The van der Waals surface area contributed by atoms with Crippen molar-refractivity contribution in [2.75, 3.05) is 31.6 Å². The van der Waals surface area contributed by atoms with Gasteiger partial charge in [0.1, 0.15) is 11.3 Å². The quantitative estimate of drug-likeness (QED) is 0.181. The van der Waals surface area contributed by atoms with Gasteiger partial charge in [-0.2, -0.15) is 0 Å². The Bertz CT molecular complexity index is 2210. The fourth-order valence-electron chi connectivity index (χ4n) is 8.08. The number of likely N-dealkylation sites (tertiary alicyclic amines) is 1. The number of aryl methyl sites for hydroxylation is 2. The van der Waals surface area contributed by atoms with E-state index in [2.05, 4.69) is 20.4 Å². The third-order valence-corrected chi connectivity index (χ3v) is 10.5. The van der Waals surface area contributed by atoms with Gasteiger partial charge in [0.05, 0.1) is 29.2 Å². The number of piperidine rings is 1. The minimum Gasteiger partial charge on any atom is -0.493 e. The van der Waals surface area contributed by atoms with Crippen molar-refractivity contribution in [1.29, 1.82) is 0 Å². The predicted octanol–water partition coefficient (Wildman–Crippen LogP) is 5.02. The van der Waals surface area contributed by atoms with Gasteiger partial charge < -0.3 is 29.0 Å². The lowest BCUT2D eigenvalue weighted by atomic mass is 9.92. The van der Waals surface area contributed by atoms with E-state index in [-0.39, 0.29) is 46.3 Å². The summed E-state index contributed by atoms with van der Waals surface area (Å²) >= 11 is 0. The first-order valence-electron chi connectivity index (χ1n) is 17.0. The fraction of sp³-hybridized carbons (Fsp3) is 0.429. The molecule has 260 valence electrons. The predicted molar refractivity (Wildman–Crippen MR) is 183 cm³/mol. The number of hydrogen-bond donors (Lipinski definition) is 2. The number of carboxylic acids is 1. The van der Waals surface area contributed by atoms with E-state index in [0.29, 0.717) is 55.7 Å². The number of aromatic hydroxyl groups is 1. The third-order valence-electron chi connectivity index (χ3n) is 10.5. The molecule has 8 rings (SSSR count). The second kappa shape index (κ2) is 12.5. The van der Waals surface area contributed by atoms with E-state index >= 15 is 4.39 Å². The van der Waals surface area contributed by atoms with Crippen LogP contribution in [0.15, 0.2) is 52.7 Å². The van der Waals surface area contributed by atoms with Crippen LogP contribution in [-0.2, 0) is 19.6 Å². The van der Waals surface area contributed by atoms with E-state index in [1.54, 1.807) is 25.9 Å². The van der Waals surface area contributed by atoms with E-state index in [1.165, 1.54) is 19.4 Å². The number of para-hydroxylation sites is 1. The third kappa shape index (κ3) is 5.36. The second-order valence-electron chi connectivity index (χ2n) is 13.6. The average Bonchev–Trinajstić information content (AvgIpc) is 3.60. The maximum Gasteiger partial charge on any atom is 0.341 e. The summed E-state index contributed by atoms with van der Waals surface area (Å²) in [5, 5.41) is 32.7. The molecule has 1 saturated carbocycles. The first-order valence-corrected chi connectivity index (χ1v) is 17.0. The highest BCUT2D eigenvalue weighted by atomic mass is 19.1. The number of aromatic carboxylic acids is 1. The first-order chi connectivity index (χ1) is 24.3. The molecular weight excluding hydrogens is 647 g/mol. The van der Waals surface area contributed by atoms with Crippen LogP contribution in [0.25, 0.3) is 21.8 Å². The Morgan fingerprint density at radius 1 is 1.12 bits per heavy atom. The van der Waals surface area contributed by atoms with Gasteiger partial charge in [-0.3, -0.25) is 14.4 Å². The molecule has 2 saturated heterocycles. The Labute approximate surface area is 285 Å². The summed E-state index contributed by atoms with van der Waals surface area (Å²) in [4.78, 5) is 40.8. The molecule has 1 aliphatic carbocycles. The van der Waals surface area contributed by atoms with Crippen molar-refractivity contribution in [2.45, 2.75) is 63.8 Å². The molecule has 3 aliphatic rings. The van der Waals surface area contributed by atoms with Crippen LogP contribution in [-0.4, -0.2) is 78.0 Å². The molecule has 15 heteroatoms. The number of halogens is 1. The highest BCUT2D eigenvalue weighted by Crippen LogP contribution is 2.46. The van der Waals surface area contributed by atoms with Gasteiger partial charge in [-0.05, 0) is 61.9 Å². The number of rotatable bonds is 11. The zero-order chi connectivity index (χ0) is 34.7. The lowest BCUT2D eigenvalue weighted by Gasteiger charge is -2.36. The summed E-state index contributed by atoms with van der Waals surface area (Å²) in [6.07, 6.45) is 7.62. The van der Waals surface area contributed by atoms with E-state index in [1.807, 2.05) is 23.2 Å². The smallest absolute Gasteiger partial charge is 0.341 e. The zero-order valence-corrected chi connectivity index (χ0v) is 27.5. The number of benzene rings is 2. The van der Waals surface area contributed by atoms with E-state index in [4.69, 9.17) is 4.74 Å². The Morgan fingerprint density at radius 3 is 2.70 bits per heavy atom. The summed E-state index contributed by atoms with van der Waals surface area (Å²) in [7, 11) is 1.46. The van der Waals surface area contributed by atoms with Crippen molar-refractivity contribution >= 4 is 39.1 Å². The SMILES string of the molecule is COc1c(N2C[C@H]3CCCN(Cc4cn(CCCn5c(O)c(N=O)c6ccccc65)nn4)[C@H]3C2)c(F)cc2c(=O)c(C(=O)O)cn(C3CC3)c12. The van der Waals surface area contributed by atoms with Gasteiger partial charge >= 0.3 is 5.97 Å². The summed E-state index contributed by atoms with van der Waals surface area (Å²) in [5.74, 6) is -1.54. The summed E-state index contributed by atoms with van der Waals surface area (Å²) in [6, 6.07) is 8.62. The van der Waals surface area contributed by atoms with Crippen LogP contribution in [0.3, 0.4) is 0 Å². The lowest BCUT2D eigenvalue weighted by molar-refractivity contribution is 0.0694. The Morgan fingerprint density at radius 2 is 1.94 bits per heavy atom. The molecule has 2 aliphatic heterocycles. The minimum atomic E-state index is -1.34. The molecule has 14 nitrogen and oxygen atoms in total. The van der Waals surface area contributed by atoms with Crippen LogP contribution >= 0.6 is 0 Å². The first kappa shape index (κ1) is 31.9. The fourth-order valence-corrected chi connectivity index (χ4v) is 8.08. The van der Waals surface area contributed by atoms with E-state index in [0.717, 1.165) is 43.4 Å². The van der Waals surface area contributed by atoms with Crippen molar-refractivity contribution in [3.8, 4) is 11.6 Å². The van der Waals surface area contributed by atoms with Crippen molar-refractivity contribution in [3.05, 3.63) is 74.9 Å². The summed E-state index contributed by atoms with van der Waals surface area (Å²) in [6.45, 7) is 3.66. The normalized spacial score (nSPS) is 19.4. The van der Waals surface area contributed by atoms with Gasteiger partial charge in [0.2, 0.25) is 11.3 Å². The molecule has 2 atom stereocenters. The number of aromatic nitrogens is 5. The molecule has 3 fully saturated rings. The number of carboxylic acid groups (broad SMARTS) is 1. The molecule has 0 spiro atoms. The highest BCUT2D eigenvalue weighted by molar-refractivity contribution is 5.97. The Kier molecular flexibility index (Phi) is 8.01. The number of fused-ring (bicyclic) bond motifs is 3. The number of nitrogens with zero attached hydrogens (tertiary/aromatic N) is 8. The molecular formula is C35H37FN8O6. The number of ether oxygens (including phenoxy) is 1. The van der Waals surface area contributed by atoms with Gasteiger partial charge in [-0.1, -0.05) is 23.4 Å². The molecule has 0 unspecified atom stereocenters. The molecule has 0 amide bonds. The number of pyridine rings is 1. The second-order valence-corrected chi connectivity index (χ2v) is 13.6. The number of methoxy groups -OCH3 is 1. The molecule has 50 heavy (non-hydrogen) atoms. The van der Waals surface area contributed by atoms with Gasteiger partial charge in [0.25, 0.3) is 0 Å². The molecule has 0 radical (unpaired) electrons. The number of carbonyl (C=O) groups is 1. The number of hydrogen-bond acceptors (Lipinski definition) is 10. The summed E-state index contributed by atoms with van der Waals surface area (Å²) < 4.78 is 27.1. The zero-order valence-electron chi connectivity index (χ0n) is 27.5. The number of nitroso groups, excluding NO2 is 1. The Hall–Kier alpha value is -5.31. The Balaban J connectivity index is 0.992. The largest absolute Gasteiger partial charge is 0.493 e. The maximum absolute atomic E-state index is 16.0. The summed E-state index contributed by atoms with van der Waals surface area (Å²) in [5.41, 5.74) is 1.25. The van der Waals surface area contributed by atoms with Crippen molar-refractivity contribution in [1.82, 2.24) is 29.0 Å². The minimum absolute atomic E-state index is 0.0115. The molecule has 5 aromatic rings. The van der Waals surface area contributed by atoms with Crippen LogP contribution in [0.2, 0.25) is 0 Å². The van der Waals surface area contributed by atoms with Gasteiger partial charge in [-0.25, -0.2) is 9.18 Å². The van der Waals surface area contributed by atoms with E-state index < -0.39 is 17.2 Å². The highest BCUT2D eigenvalue weighted by Gasteiger charge is 2.41. The molecule has 2 N–H and O–H groups in total. The van der Waals surface area contributed by atoms with Crippen LogP contribution in [0.4, 0.5) is 15.8 Å². The molecule has 3 aromatic heterocycles. The van der Waals surface area contributed by atoms with Crippen LogP contribution in [0.1, 0.15) is 54.2 Å². The standard InChI is InChI=1S/C35H37FN8O6/c1-50-33-30-24(32(45)25(35(47)48)18-44(30)22-9-10-22)14-26(36)31(33)41-15-20-6-4-11-40(28(20)19-41)16-21-17-42(39-37-21)12-5-13-43-27-8-3-2-7-23(27)29(38-49)34(43)46/h2-3,7-8,14,17-18,20,22,28,46H,4-6,9-13,15-16,19H2,1H3,(H,47,48)/t20-,28+/m1/s1. The monoisotopic (exact) mass is 684 g/mol.